The summed E-state index contributed by atoms with van der Waals surface area (Å²) in [4.78, 5) is 21.3. The highest BCUT2D eigenvalue weighted by Gasteiger charge is 2.49. The lowest BCUT2D eigenvalue weighted by molar-refractivity contribution is -0.118. The highest BCUT2D eigenvalue weighted by molar-refractivity contribution is 8.16. The minimum atomic E-state index is -3.08. The number of sulfone groups is 1. The molecule has 2 atom stereocenters. The van der Waals surface area contributed by atoms with Gasteiger partial charge in [0.25, 0.3) is 0 Å². The first kappa shape index (κ1) is 25.3. The van der Waals surface area contributed by atoms with E-state index >= 15 is 0 Å². The van der Waals surface area contributed by atoms with Gasteiger partial charge in [-0.3, -0.25) is 4.79 Å². The van der Waals surface area contributed by atoms with Gasteiger partial charge in [-0.15, -0.1) is 0 Å². The summed E-state index contributed by atoms with van der Waals surface area (Å²) in [5, 5.41) is 0.559. The summed E-state index contributed by atoms with van der Waals surface area (Å²) >= 11 is 1.44. The van der Waals surface area contributed by atoms with Gasteiger partial charge >= 0.3 is 0 Å². The number of benzene rings is 2. The molecule has 0 aliphatic carbocycles. The minimum Gasteiger partial charge on any atom is -0.372 e. The Morgan fingerprint density at radius 2 is 1.67 bits per heavy atom. The number of piperidine rings is 1. The third-order valence-corrected chi connectivity index (χ3v) is 10.6. The van der Waals surface area contributed by atoms with Gasteiger partial charge in [0.05, 0.1) is 17.5 Å². The second-order valence-corrected chi connectivity index (χ2v) is 14.1. The van der Waals surface area contributed by atoms with E-state index in [-0.39, 0.29) is 34.6 Å². The minimum absolute atomic E-state index is 0.0797. The molecule has 0 aromatic heterocycles. The Balaban J connectivity index is 1.28. The second kappa shape index (κ2) is 10.6. The zero-order chi connectivity index (χ0) is 25.3. The second-order valence-electron chi connectivity index (χ2n) is 10.7. The molecule has 0 unspecified atom stereocenters. The van der Waals surface area contributed by atoms with Crippen LogP contribution in [0.1, 0.15) is 38.7 Å². The average molecular weight is 526 g/mol. The van der Waals surface area contributed by atoms with E-state index in [1.54, 1.807) is 0 Å². The number of rotatable bonds is 6. The van der Waals surface area contributed by atoms with Crippen molar-refractivity contribution in [3.8, 4) is 0 Å². The van der Waals surface area contributed by atoms with E-state index in [1.807, 2.05) is 18.7 Å². The van der Waals surface area contributed by atoms with Crippen LogP contribution in [-0.4, -0.2) is 55.4 Å². The largest absolute Gasteiger partial charge is 0.372 e. The van der Waals surface area contributed by atoms with Crippen LogP contribution < -0.4 is 9.80 Å². The zero-order valence-electron chi connectivity index (χ0n) is 21.0. The van der Waals surface area contributed by atoms with Crippen LogP contribution in [0.4, 0.5) is 11.4 Å². The highest BCUT2D eigenvalue weighted by Crippen LogP contribution is 2.41. The molecule has 0 bridgehead atoms. The number of thioether (sulfide) groups is 1. The molecule has 3 saturated heterocycles. The van der Waals surface area contributed by atoms with Crippen LogP contribution in [0.3, 0.4) is 0 Å². The topological polar surface area (TPSA) is 70.0 Å². The summed E-state index contributed by atoms with van der Waals surface area (Å²) in [7, 11) is -3.08. The Morgan fingerprint density at radius 3 is 2.33 bits per heavy atom. The van der Waals surface area contributed by atoms with Crippen molar-refractivity contribution < 1.29 is 13.2 Å². The summed E-state index contributed by atoms with van der Waals surface area (Å²) < 4.78 is 24.7. The first-order valence-corrected chi connectivity index (χ1v) is 15.6. The van der Waals surface area contributed by atoms with Crippen LogP contribution in [-0.2, 0) is 21.1 Å². The quantitative estimate of drug-likeness (QED) is 0.540. The van der Waals surface area contributed by atoms with Crippen molar-refractivity contribution in [2.45, 2.75) is 50.8 Å². The number of amides is 1. The number of carbonyl (C=O) groups is 1. The maximum absolute atomic E-state index is 12.5. The van der Waals surface area contributed by atoms with Crippen LogP contribution in [0.2, 0.25) is 0 Å². The molecule has 36 heavy (non-hydrogen) atoms. The summed E-state index contributed by atoms with van der Waals surface area (Å²) in [6, 6.07) is 18.9. The van der Waals surface area contributed by atoms with E-state index in [2.05, 4.69) is 64.5 Å². The Labute approximate surface area is 219 Å². The van der Waals surface area contributed by atoms with Crippen LogP contribution in [0, 0.1) is 11.8 Å². The van der Waals surface area contributed by atoms with Gasteiger partial charge in [0, 0.05) is 36.1 Å². The summed E-state index contributed by atoms with van der Waals surface area (Å²) in [6.07, 6.45) is 3.89. The molecule has 2 aromatic rings. The number of carbonyl (C=O) groups excluding carboxylic acids is 1. The Hall–Kier alpha value is -2.32. The number of hydrogen-bond acceptors (Lipinski definition) is 5. The normalized spacial score (nSPS) is 25.0. The van der Waals surface area contributed by atoms with E-state index in [0.717, 1.165) is 25.2 Å². The molecular formula is C28H35N3O3S2. The Morgan fingerprint density at radius 1 is 1.00 bits per heavy atom. The third kappa shape index (κ3) is 5.80. The van der Waals surface area contributed by atoms with Gasteiger partial charge in [0.1, 0.15) is 0 Å². The molecule has 1 amide bonds. The predicted octanol–water partition coefficient (Wildman–Crippen LogP) is 4.79. The van der Waals surface area contributed by atoms with E-state index in [9.17, 15) is 13.2 Å². The SMILES string of the molecule is CC(C)CC(=O)N=C1S[C@@H]2CS(=O)(=O)C[C@H]2N1c1ccc(N2CCC(Cc3ccccc3)CC2)cc1. The Bertz CT molecular complexity index is 1200. The average Bonchev–Trinajstić information content (AvgIpc) is 3.30. The highest BCUT2D eigenvalue weighted by atomic mass is 32.2. The fraction of sp³-hybridized carbons (Fsp3) is 0.500. The van der Waals surface area contributed by atoms with E-state index in [4.69, 9.17) is 0 Å². The molecule has 192 valence electrons. The first-order chi connectivity index (χ1) is 17.3. The molecule has 3 aliphatic heterocycles. The standard InChI is InChI=1S/C28H35N3O3S2/c1-20(2)16-27(32)29-28-31(25-18-36(33,34)19-26(25)35-28)24-10-8-23(9-11-24)30-14-12-22(13-15-30)17-21-6-4-3-5-7-21/h3-11,20,22,25-26H,12-19H2,1-2H3/t25-,26-/m1/s1. The number of hydrogen-bond donors (Lipinski definition) is 0. The first-order valence-electron chi connectivity index (χ1n) is 12.9. The van der Waals surface area contributed by atoms with Crippen LogP contribution in [0.15, 0.2) is 59.6 Å². The van der Waals surface area contributed by atoms with Crippen molar-refractivity contribution in [3.63, 3.8) is 0 Å². The molecule has 0 saturated carbocycles. The van der Waals surface area contributed by atoms with Crippen LogP contribution in [0.25, 0.3) is 0 Å². The fourth-order valence-corrected chi connectivity index (χ4v) is 9.47. The van der Waals surface area contributed by atoms with Crippen molar-refractivity contribution >= 4 is 44.0 Å². The van der Waals surface area contributed by atoms with Gasteiger partial charge in [0.15, 0.2) is 15.0 Å². The molecule has 3 heterocycles. The van der Waals surface area contributed by atoms with E-state index < -0.39 is 9.84 Å². The van der Waals surface area contributed by atoms with Gasteiger partial charge in [-0.1, -0.05) is 55.9 Å². The Kier molecular flexibility index (Phi) is 7.45. The molecule has 0 spiro atoms. The van der Waals surface area contributed by atoms with Gasteiger partial charge in [-0.2, -0.15) is 4.99 Å². The monoisotopic (exact) mass is 525 g/mol. The van der Waals surface area contributed by atoms with Crippen molar-refractivity contribution in [3.05, 3.63) is 60.2 Å². The number of aliphatic imine (C=N–C) groups is 1. The lowest BCUT2D eigenvalue weighted by Crippen LogP contribution is -2.38. The maximum atomic E-state index is 12.5. The smallest absolute Gasteiger partial charge is 0.248 e. The molecule has 0 N–H and O–H groups in total. The maximum Gasteiger partial charge on any atom is 0.248 e. The molecule has 3 fully saturated rings. The van der Waals surface area contributed by atoms with E-state index in [0.29, 0.717) is 17.5 Å². The van der Waals surface area contributed by atoms with Crippen molar-refractivity contribution in [1.29, 1.82) is 0 Å². The molecule has 3 aliphatic rings. The molecule has 5 rings (SSSR count). The van der Waals surface area contributed by atoms with Crippen molar-refractivity contribution in [2.75, 3.05) is 34.4 Å². The molecule has 2 aromatic carbocycles. The molecule has 8 heteroatoms. The molecule has 0 radical (unpaired) electrons. The van der Waals surface area contributed by atoms with Gasteiger partial charge in [0.2, 0.25) is 5.91 Å². The fourth-order valence-electron chi connectivity index (χ4n) is 5.53. The van der Waals surface area contributed by atoms with Gasteiger partial charge in [-0.05, 0) is 60.9 Å². The zero-order valence-corrected chi connectivity index (χ0v) is 22.7. The predicted molar refractivity (Wildman–Crippen MR) is 150 cm³/mol. The number of amidine groups is 1. The summed E-state index contributed by atoms with van der Waals surface area (Å²) in [5.74, 6) is 1.06. The van der Waals surface area contributed by atoms with Gasteiger partial charge in [-0.25, -0.2) is 8.42 Å². The number of anilines is 2. The molecular weight excluding hydrogens is 490 g/mol. The van der Waals surface area contributed by atoms with Crippen LogP contribution in [0.5, 0.6) is 0 Å². The van der Waals surface area contributed by atoms with Crippen LogP contribution >= 0.6 is 11.8 Å². The number of fused-ring (bicyclic) bond motifs is 1. The number of nitrogens with zero attached hydrogens (tertiary/aromatic N) is 3. The van der Waals surface area contributed by atoms with Crippen molar-refractivity contribution in [1.82, 2.24) is 0 Å². The summed E-state index contributed by atoms with van der Waals surface area (Å²) in [5.41, 5.74) is 3.51. The van der Waals surface area contributed by atoms with Crippen molar-refractivity contribution in [2.24, 2.45) is 16.8 Å². The third-order valence-electron chi connectivity index (χ3n) is 7.34. The molecule has 6 nitrogen and oxygen atoms in total. The lowest BCUT2D eigenvalue weighted by Gasteiger charge is -2.34. The lowest BCUT2D eigenvalue weighted by atomic mass is 9.90. The van der Waals surface area contributed by atoms with Gasteiger partial charge < -0.3 is 9.80 Å². The summed E-state index contributed by atoms with van der Waals surface area (Å²) in [6.45, 7) is 6.08. The van der Waals surface area contributed by atoms with E-state index in [1.165, 1.54) is 35.9 Å².